The van der Waals surface area contributed by atoms with Crippen LogP contribution in [0.15, 0.2) is 12.1 Å². The zero-order chi connectivity index (χ0) is 16.9. The second-order valence-corrected chi connectivity index (χ2v) is 5.79. The van der Waals surface area contributed by atoms with Gasteiger partial charge >= 0.3 is 6.09 Å². The Hall–Kier alpha value is -2.31. The van der Waals surface area contributed by atoms with Crippen LogP contribution in [0.25, 0.3) is 0 Å². The van der Waals surface area contributed by atoms with E-state index in [1.54, 1.807) is 20.8 Å². The minimum atomic E-state index is -0.659. The number of hydrogen-bond acceptors (Lipinski definition) is 4. The average molecular weight is 311 g/mol. The molecule has 1 rings (SSSR count). The van der Waals surface area contributed by atoms with Crippen LogP contribution in [0.3, 0.4) is 0 Å². The van der Waals surface area contributed by atoms with E-state index in [2.05, 4.69) is 10.6 Å². The van der Waals surface area contributed by atoms with Gasteiger partial charge in [-0.1, -0.05) is 0 Å². The van der Waals surface area contributed by atoms with Gasteiger partial charge in [0.25, 0.3) is 5.91 Å². The third-order valence-corrected chi connectivity index (χ3v) is 2.77. The fraction of sp³-hybridized carbons (Fsp3) is 0.467. The van der Waals surface area contributed by atoms with Crippen molar-refractivity contribution >= 4 is 17.7 Å². The lowest BCUT2D eigenvalue weighted by Gasteiger charge is -2.19. The second kappa shape index (κ2) is 7.11. The van der Waals surface area contributed by atoms with Gasteiger partial charge in [0.15, 0.2) is 0 Å². The highest BCUT2D eigenvalue weighted by molar-refractivity contribution is 5.94. The first kappa shape index (κ1) is 17.7. The van der Waals surface area contributed by atoms with Crippen molar-refractivity contribution in [3.05, 3.63) is 29.1 Å². The molecule has 0 radical (unpaired) electrons. The number of halogens is 1. The van der Waals surface area contributed by atoms with Crippen LogP contribution in [-0.2, 0) is 11.2 Å². The van der Waals surface area contributed by atoms with Crippen molar-refractivity contribution in [1.82, 2.24) is 10.6 Å². The molecule has 0 unspecified atom stereocenters. The summed E-state index contributed by atoms with van der Waals surface area (Å²) in [6, 6.07) is 2.59. The smallest absolute Gasteiger partial charge is 0.407 e. The lowest BCUT2D eigenvalue weighted by atomic mass is 10.0. The van der Waals surface area contributed by atoms with Crippen LogP contribution in [0.5, 0.6) is 0 Å². The molecule has 0 spiro atoms. The lowest BCUT2D eigenvalue weighted by Crippen LogP contribution is -2.33. The molecule has 1 aromatic carbocycles. The summed E-state index contributed by atoms with van der Waals surface area (Å²) in [6.07, 6.45) is -0.277. The number of hydrogen-bond donors (Lipinski definition) is 3. The van der Waals surface area contributed by atoms with Gasteiger partial charge in [-0.25, -0.2) is 9.18 Å². The summed E-state index contributed by atoms with van der Waals surface area (Å²) in [7, 11) is 1.46. The SMILES string of the molecule is CNC(=O)c1cc(F)c(N)c(CCNC(=O)OC(C)(C)C)c1. The average Bonchev–Trinajstić information content (AvgIpc) is 2.40. The highest BCUT2D eigenvalue weighted by Crippen LogP contribution is 2.19. The molecule has 2 amide bonds. The number of alkyl carbamates (subject to hydrolysis) is 1. The summed E-state index contributed by atoms with van der Waals surface area (Å²) in [6.45, 7) is 5.49. The van der Waals surface area contributed by atoms with Crippen molar-refractivity contribution in [2.24, 2.45) is 0 Å². The van der Waals surface area contributed by atoms with Gasteiger partial charge < -0.3 is 21.1 Å². The number of rotatable bonds is 4. The summed E-state index contributed by atoms with van der Waals surface area (Å²) in [5.41, 5.74) is 5.68. The monoisotopic (exact) mass is 311 g/mol. The summed E-state index contributed by atoms with van der Waals surface area (Å²) in [4.78, 5) is 23.1. The number of amides is 2. The molecular weight excluding hydrogens is 289 g/mol. The normalized spacial score (nSPS) is 11.0. The van der Waals surface area contributed by atoms with Gasteiger partial charge in [-0.3, -0.25) is 4.79 Å². The van der Waals surface area contributed by atoms with E-state index in [-0.39, 0.29) is 24.2 Å². The van der Waals surface area contributed by atoms with Crippen LogP contribution in [0, 0.1) is 5.82 Å². The van der Waals surface area contributed by atoms with Gasteiger partial charge in [0.1, 0.15) is 11.4 Å². The van der Waals surface area contributed by atoms with Gasteiger partial charge in [0.2, 0.25) is 0 Å². The third-order valence-electron chi connectivity index (χ3n) is 2.77. The van der Waals surface area contributed by atoms with Crippen LogP contribution in [-0.4, -0.2) is 31.2 Å². The topological polar surface area (TPSA) is 93.5 Å². The quantitative estimate of drug-likeness (QED) is 0.740. The van der Waals surface area contributed by atoms with E-state index in [9.17, 15) is 14.0 Å². The standard InChI is InChI=1S/C15H22FN3O3/c1-15(2,3)22-14(21)19-6-5-9-7-10(13(20)18-4)8-11(16)12(9)17/h7-8H,5-6,17H2,1-4H3,(H,18,20)(H,19,21). The maximum Gasteiger partial charge on any atom is 0.407 e. The third kappa shape index (κ3) is 5.23. The molecule has 0 saturated carbocycles. The fourth-order valence-corrected chi connectivity index (χ4v) is 1.77. The predicted molar refractivity (Wildman–Crippen MR) is 82.1 cm³/mol. The number of ether oxygens (including phenoxy) is 1. The molecule has 1 aromatic rings. The number of benzene rings is 1. The molecule has 0 saturated heterocycles. The highest BCUT2D eigenvalue weighted by Gasteiger charge is 2.16. The van der Waals surface area contributed by atoms with Crippen molar-refractivity contribution in [3.63, 3.8) is 0 Å². The Morgan fingerprint density at radius 2 is 1.95 bits per heavy atom. The van der Waals surface area contributed by atoms with E-state index in [1.807, 2.05) is 0 Å². The van der Waals surface area contributed by atoms with Gasteiger partial charge in [-0.05, 0) is 44.9 Å². The van der Waals surface area contributed by atoms with Crippen molar-refractivity contribution in [1.29, 1.82) is 0 Å². The van der Waals surface area contributed by atoms with Crippen molar-refractivity contribution in [2.75, 3.05) is 19.3 Å². The summed E-state index contributed by atoms with van der Waals surface area (Å²) in [5.74, 6) is -1.06. The summed E-state index contributed by atoms with van der Waals surface area (Å²) >= 11 is 0. The Kier molecular flexibility index (Phi) is 5.73. The largest absolute Gasteiger partial charge is 0.444 e. The Bertz CT molecular complexity index is 568. The van der Waals surface area contributed by atoms with E-state index in [1.165, 1.54) is 13.1 Å². The molecule has 4 N–H and O–H groups in total. The molecule has 0 heterocycles. The number of carbonyl (C=O) groups is 2. The molecule has 0 aliphatic rings. The molecule has 0 bridgehead atoms. The van der Waals surface area contributed by atoms with Gasteiger partial charge in [-0.15, -0.1) is 0 Å². The molecule has 6 nitrogen and oxygen atoms in total. The van der Waals surface area contributed by atoms with E-state index in [0.717, 1.165) is 6.07 Å². The van der Waals surface area contributed by atoms with Crippen LogP contribution in [0.4, 0.5) is 14.9 Å². The second-order valence-electron chi connectivity index (χ2n) is 5.79. The molecule has 0 aliphatic carbocycles. The molecule has 0 atom stereocenters. The Balaban J connectivity index is 2.71. The molecule has 122 valence electrons. The van der Waals surface area contributed by atoms with Gasteiger partial charge in [0, 0.05) is 19.2 Å². The zero-order valence-corrected chi connectivity index (χ0v) is 13.2. The van der Waals surface area contributed by atoms with Gasteiger partial charge in [0.05, 0.1) is 5.69 Å². The molecule has 0 fully saturated rings. The van der Waals surface area contributed by atoms with Crippen molar-refractivity contribution < 1.29 is 18.7 Å². The van der Waals surface area contributed by atoms with Crippen molar-refractivity contribution in [3.8, 4) is 0 Å². The molecule has 0 aliphatic heterocycles. The fourth-order valence-electron chi connectivity index (χ4n) is 1.77. The zero-order valence-electron chi connectivity index (χ0n) is 13.2. The van der Waals surface area contributed by atoms with Crippen LogP contribution >= 0.6 is 0 Å². The minimum Gasteiger partial charge on any atom is -0.444 e. The Labute approximate surface area is 129 Å². The number of anilines is 1. The Morgan fingerprint density at radius 3 is 2.50 bits per heavy atom. The molecule has 7 heteroatoms. The van der Waals surface area contributed by atoms with E-state index < -0.39 is 23.4 Å². The molecular formula is C15H22FN3O3. The molecule has 0 aromatic heterocycles. The summed E-state index contributed by atoms with van der Waals surface area (Å²) in [5, 5.41) is 4.98. The van der Waals surface area contributed by atoms with Crippen LogP contribution in [0.2, 0.25) is 0 Å². The molecule has 22 heavy (non-hydrogen) atoms. The van der Waals surface area contributed by atoms with E-state index >= 15 is 0 Å². The predicted octanol–water partition coefficient (Wildman–Crippen LogP) is 1.83. The first-order valence-corrected chi connectivity index (χ1v) is 6.91. The first-order valence-electron chi connectivity index (χ1n) is 6.91. The van der Waals surface area contributed by atoms with E-state index in [0.29, 0.717) is 5.56 Å². The number of nitrogens with two attached hydrogens (primary N) is 1. The van der Waals surface area contributed by atoms with Crippen LogP contribution in [0.1, 0.15) is 36.7 Å². The maximum atomic E-state index is 13.7. The van der Waals surface area contributed by atoms with Gasteiger partial charge in [-0.2, -0.15) is 0 Å². The number of nitrogens with one attached hydrogen (secondary N) is 2. The first-order chi connectivity index (χ1) is 10.1. The highest BCUT2D eigenvalue weighted by atomic mass is 19.1. The maximum absolute atomic E-state index is 13.7. The Morgan fingerprint density at radius 1 is 1.32 bits per heavy atom. The lowest BCUT2D eigenvalue weighted by molar-refractivity contribution is 0.0528. The van der Waals surface area contributed by atoms with E-state index in [4.69, 9.17) is 10.5 Å². The van der Waals surface area contributed by atoms with Crippen molar-refractivity contribution in [2.45, 2.75) is 32.8 Å². The van der Waals surface area contributed by atoms with Crippen LogP contribution < -0.4 is 16.4 Å². The summed E-state index contributed by atoms with van der Waals surface area (Å²) < 4.78 is 18.8. The number of nitrogen functional groups attached to an aromatic ring is 1. The minimum absolute atomic E-state index is 0.0290. The number of carbonyl (C=O) groups excluding carboxylic acids is 2.